The van der Waals surface area contributed by atoms with E-state index < -0.39 is 0 Å². The summed E-state index contributed by atoms with van der Waals surface area (Å²) in [5, 5.41) is 3.35. The Morgan fingerprint density at radius 2 is 2.45 bits per heavy atom. The Labute approximate surface area is 123 Å². The molecule has 2 aromatic rings. The van der Waals surface area contributed by atoms with Gasteiger partial charge < -0.3 is 16.0 Å². The van der Waals surface area contributed by atoms with Gasteiger partial charge in [0.05, 0.1) is 12.5 Å². The molecule has 3 rings (SSSR count). The number of amides is 1. The minimum atomic E-state index is -0.290. The fourth-order valence-electron chi connectivity index (χ4n) is 2.69. The average Bonchev–Trinajstić information content (AvgIpc) is 3.03. The van der Waals surface area contributed by atoms with E-state index in [4.69, 9.17) is 5.73 Å². The predicted molar refractivity (Wildman–Crippen MR) is 77.4 cm³/mol. The fraction of sp³-hybridized carbons (Fsp3) is 0.286. The number of aromatic amines is 1. The number of imidazole rings is 1. The molecule has 20 heavy (non-hydrogen) atoms. The largest absolute Gasteiger partial charge is 0.369 e. The van der Waals surface area contributed by atoms with Crippen molar-refractivity contribution in [1.29, 1.82) is 0 Å². The van der Waals surface area contributed by atoms with Gasteiger partial charge in [0.25, 0.3) is 0 Å². The molecule has 1 heterocycles. The van der Waals surface area contributed by atoms with E-state index in [0.29, 0.717) is 6.54 Å². The molecule has 1 aromatic carbocycles. The third kappa shape index (κ3) is 2.69. The van der Waals surface area contributed by atoms with Crippen LogP contribution in [-0.2, 0) is 17.8 Å². The molecular formula is C14H16ClN4O. The second-order valence-corrected chi connectivity index (χ2v) is 4.73. The highest BCUT2D eigenvalue weighted by Gasteiger charge is 2.35. The Kier molecular flexibility index (Phi) is 4.42. The molecule has 1 aliphatic carbocycles. The van der Waals surface area contributed by atoms with Crippen LogP contribution in [0.4, 0.5) is 0 Å². The predicted octanol–water partition coefficient (Wildman–Crippen LogP) is 0.915. The summed E-state index contributed by atoms with van der Waals surface area (Å²) in [5.74, 6) is 0.284. The minimum absolute atomic E-state index is 0. The molecule has 1 amide bonds. The number of H-pyrrole nitrogens is 1. The summed E-state index contributed by atoms with van der Waals surface area (Å²) in [7, 11) is 0. The molecule has 0 spiro atoms. The zero-order valence-corrected chi connectivity index (χ0v) is 11.6. The molecule has 2 atom stereocenters. The van der Waals surface area contributed by atoms with Crippen LogP contribution in [0.5, 0.6) is 0 Å². The zero-order chi connectivity index (χ0) is 13.2. The SMILES string of the molecule is Cl.NC(=O)C1c2cc[c]cc2CC1NCc1ncc[nH]1. The maximum absolute atomic E-state index is 11.7. The van der Waals surface area contributed by atoms with Crippen LogP contribution >= 0.6 is 12.4 Å². The lowest BCUT2D eigenvalue weighted by molar-refractivity contribution is -0.119. The highest BCUT2D eigenvalue weighted by atomic mass is 35.5. The van der Waals surface area contributed by atoms with Gasteiger partial charge in [-0.05, 0) is 23.6 Å². The molecule has 5 nitrogen and oxygen atoms in total. The van der Waals surface area contributed by atoms with Crippen molar-refractivity contribution in [1.82, 2.24) is 15.3 Å². The monoisotopic (exact) mass is 291 g/mol. The van der Waals surface area contributed by atoms with E-state index in [1.165, 1.54) is 0 Å². The van der Waals surface area contributed by atoms with Gasteiger partial charge in [0, 0.05) is 18.4 Å². The summed E-state index contributed by atoms with van der Waals surface area (Å²) in [6, 6.07) is 8.75. The van der Waals surface area contributed by atoms with Crippen LogP contribution < -0.4 is 11.1 Å². The molecule has 6 heteroatoms. The van der Waals surface area contributed by atoms with Crippen LogP contribution in [0.25, 0.3) is 0 Å². The van der Waals surface area contributed by atoms with Crippen LogP contribution in [-0.4, -0.2) is 21.9 Å². The number of nitrogens with two attached hydrogens (primary N) is 1. The zero-order valence-electron chi connectivity index (χ0n) is 10.8. The number of nitrogens with one attached hydrogen (secondary N) is 2. The van der Waals surface area contributed by atoms with Crippen LogP contribution in [0.1, 0.15) is 22.9 Å². The first-order chi connectivity index (χ1) is 9.25. The Morgan fingerprint density at radius 3 is 3.15 bits per heavy atom. The van der Waals surface area contributed by atoms with Gasteiger partial charge in [-0.25, -0.2) is 4.98 Å². The van der Waals surface area contributed by atoms with Crippen molar-refractivity contribution in [2.75, 3.05) is 0 Å². The number of benzene rings is 1. The lowest BCUT2D eigenvalue weighted by Crippen LogP contribution is -2.38. The van der Waals surface area contributed by atoms with E-state index in [0.717, 1.165) is 23.4 Å². The van der Waals surface area contributed by atoms with E-state index in [1.807, 2.05) is 18.2 Å². The smallest absolute Gasteiger partial charge is 0.226 e. The Balaban J connectivity index is 0.00000147. The van der Waals surface area contributed by atoms with Crippen molar-refractivity contribution >= 4 is 18.3 Å². The third-order valence-corrected chi connectivity index (χ3v) is 3.56. The first-order valence-corrected chi connectivity index (χ1v) is 6.25. The van der Waals surface area contributed by atoms with Crippen molar-refractivity contribution in [3.05, 3.63) is 53.6 Å². The van der Waals surface area contributed by atoms with Crippen molar-refractivity contribution in [3.8, 4) is 0 Å². The molecule has 0 saturated heterocycles. The Morgan fingerprint density at radius 1 is 1.60 bits per heavy atom. The van der Waals surface area contributed by atoms with Gasteiger partial charge in [-0.1, -0.05) is 18.2 Å². The van der Waals surface area contributed by atoms with Gasteiger partial charge >= 0.3 is 0 Å². The number of hydrogen-bond acceptors (Lipinski definition) is 3. The van der Waals surface area contributed by atoms with Crippen molar-refractivity contribution in [3.63, 3.8) is 0 Å². The maximum Gasteiger partial charge on any atom is 0.226 e. The first-order valence-electron chi connectivity index (χ1n) is 6.25. The quantitative estimate of drug-likeness (QED) is 0.783. The summed E-state index contributed by atoms with van der Waals surface area (Å²) in [5.41, 5.74) is 7.70. The second-order valence-electron chi connectivity index (χ2n) is 4.73. The van der Waals surface area contributed by atoms with Crippen LogP contribution in [0.3, 0.4) is 0 Å². The number of carbonyl (C=O) groups excluding carboxylic acids is 1. The number of fused-ring (bicyclic) bond motifs is 1. The number of carbonyl (C=O) groups is 1. The summed E-state index contributed by atoms with van der Waals surface area (Å²) in [4.78, 5) is 18.9. The molecule has 0 aliphatic heterocycles. The van der Waals surface area contributed by atoms with E-state index in [9.17, 15) is 4.79 Å². The lowest BCUT2D eigenvalue weighted by atomic mass is 9.98. The van der Waals surface area contributed by atoms with Gasteiger partial charge in [0.2, 0.25) is 5.91 Å². The summed E-state index contributed by atoms with van der Waals surface area (Å²) in [6.45, 7) is 0.596. The maximum atomic E-state index is 11.7. The van der Waals surface area contributed by atoms with Crippen LogP contribution in [0.15, 0.2) is 30.6 Å². The molecule has 0 saturated carbocycles. The molecule has 1 radical (unpaired) electrons. The molecule has 0 bridgehead atoms. The lowest BCUT2D eigenvalue weighted by Gasteiger charge is -2.18. The molecule has 4 N–H and O–H groups in total. The molecule has 0 fully saturated rings. The van der Waals surface area contributed by atoms with Crippen molar-refractivity contribution in [2.24, 2.45) is 5.73 Å². The van der Waals surface area contributed by atoms with Gasteiger partial charge in [0.15, 0.2) is 0 Å². The normalized spacial score (nSPS) is 20.2. The van der Waals surface area contributed by atoms with Crippen LogP contribution in [0.2, 0.25) is 0 Å². The van der Waals surface area contributed by atoms with Crippen LogP contribution in [0, 0.1) is 6.07 Å². The van der Waals surface area contributed by atoms with Gasteiger partial charge in [-0.2, -0.15) is 0 Å². The van der Waals surface area contributed by atoms with E-state index in [2.05, 4.69) is 21.4 Å². The summed E-state index contributed by atoms with van der Waals surface area (Å²) >= 11 is 0. The number of aromatic nitrogens is 2. The molecule has 105 valence electrons. The topological polar surface area (TPSA) is 83.8 Å². The number of nitrogens with zero attached hydrogens (tertiary/aromatic N) is 1. The van der Waals surface area contributed by atoms with E-state index in [1.54, 1.807) is 12.4 Å². The van der Waals surface area contributed by atoms with Crippen molar-refractivity contribution in [2.45, 2.75) is 24.9 Å². The second kappa shape index (κ2) is 6.07. The number of rotatable bonds is 4. The van der Waals surface area contributed by atoms with E-state index >= 15 is 0 Å². The number of hydrogen-bond donors (Lipinski definition) is 3. The van der Waals surface area contributed by atoms with Gasteiger partial charge in [-0.15, -0.1) is 12.4 Å². The summed E-state index contributed by atoms with van der Waals surface area (Å²) in [6.07, 6.45) is 4.28. The molecule has 1 aliphatic rings. The Bertz CT molecular complexity index is 585. The van der Waals surface area contributed by atoms with Gasteiger partial charge in [-0.3, -0.25) is 4.79 Å². The Hall–Kier alpha value is -1.85. The standard InChI is InChI=1S/C14H15N4O.ClH/c15-14(19)13-10-4-2-1-3-9(10)7-11(13)18-8-12-16-5-6-17-12;/h2-6,11,13,18H,7-8H2,(H2,15,19)(H,16,17);1H. The first kappa shape index (κ1) is 14.6. The molecule has 2 unspecified atom stereocenters. The van der Waals surface area contributed by atoms with E-state index in [-0.39, 0.29) is 30.3 Å². The highest BCUT2D eigenvalue weighted by Crippen LogP contribution is 2.32. The average molecular weight is 292 g/mol. The summed E-state index contributed by atoms with van der Waals surface area (Å²) < 4.78 is 0. The minimum Gasteiger partial charge on any atom is -0.369 e. The number of halogens is 1. The highest BCUT2D eigenvalue weighted by molar-refractivity contribution is 5.85. The molecule has 1 aromatic heterocycles. The van der Waals surface area contributed by atoms with Crippen molar-refractivity contribution < 1.29 is 4.79 Å². The third-order valence-electron chi connectivity index (χ3n) is 3.56. The fourth-order valence-corrected chi connectivity index (χ4v) is 2.69. The molecular weight excluding hydrogens is 276 g/mol. The van der Waals surface area contributed by atoms with Gasteiger partial charge in [0.1, 0.15) is 5.82 Å². The number of primary amides is 1.